The monoisotopic (exact) mass is 165 g/mol. The summed E-state index contributed by atoms with van der Waals surface area (Å²) in [7, 11) is 0. The smallest absolute Gasteiger partial charge is 0.0553 e. The molecule has 3 nitrogen and oxygen atoms in total. The molecular weight excluding hydrogens is 150 g/mol. The number of aromatic amines is 1. The van der Waals surface area contributed by atoms with Gasteiger partial charge in [-0.15, -0.1) is 0 Å². The second-order valence-electron chi connectivity index (χ2n) is 3.35. The highest BCUT2D eigenvalue weighted by Gasteiger charge is 2.17. The summed E-state index contributed by atoms with van der Waals surface area (Å²) in [5, 5.41) is 3.45. The zero-order valence-electron chi connectivity index (χ0n) is 7.14. The van der Waals surface area contributed by atoms with Gasteiger partial charge in [0.1, 0.15) is 0 Å². The van der Waals surface area contributed by atoms with Gasteiger partial charge in [0.25, 0.3) is 0 Å². The molecule has 0 saturated carbocycles. The van der Waals surface area contributed by atoms with E-state index in [2.05, 4.69) is 10.3 Å². The molecule has 1 aromatic heterocycles. The van der Waals surface area contributed by atoms with Crippen molar-refractivity contribution < 1.29 is 0 Å². The molecule has 1 atom stereocenters. The van der Waals surface area contributed by atoms with E-state index in [0.29, 0.717) is 6.04 Å². The van der Waals surface area contributed by atoms with Gasteiger partial charge in [0.15, 0.2) is 0 Å². The molecule has 0 bridgehead atoms. The number of anilines is 1. The number of nitrogens with one attached hydrogen (secondary N) is 2. The van der Waals surface area contributed by atoms with Crippen LogP contribution < -0.4 is 11.1 Å². The third kappa shape index (κ3) is 1.32. The fourth-order valence-electron chi connectivity index (χ4n) is 1.79. The third-order valence-corrected chi connectivity index (χ3v) is 2.47. The van der Waals surface area contributed by atoms with E-state index in [9.17, 15) is 0 Å². The molecule has 3 heteroatoms. The zero-order chi connectivity index (χ0) is 8.39. The predicted molar refractivity (Wildman–Crippen MR) is 49.8 cm³/mol. The number of hydrogen-bond acceptors (Lipinski definition) is 2. The number of piperidine rings is 1. The quantitative estimate of drug-likeness (QED) is 0.589. The van der Waals surface area contributed by atoms with E-state index in [1.807, 2.05) is 12.3 Å². The molecule has 12 heavy (non-hydrogen) atoms. The molecule has 0 spiro atoms. The van der Waals surface area contributed by atoms with Gasteiger partial charge in [-0.05, 0) is 25.5 Å². The van der Waals surface area contributed by atoms with E-state index in [1.54, 1.807) is 0 Å². The van der Waals surface area contributed by atoms with E-state index in [1.165, 1.54) is 19.3 Å². The lowest BCUT2D eigenvalue weighted by atomic mass is 10.0. The van der Waals surface area contributed by atoms with Crippen LogP contribution >= 0.6 is 0 Å². The van der Waals surface area contributed by atoms with Crippen LogP contribution in [0.4, 0.5) is 5.69 Å². The number of rotatable bonds is 1. The van der Waals surface area contributed by atoms with E-state index >= 15 is 0 Å². The van der Waals surface area contributed by atoms with Gasteiger partial charge >= 0.3 is 0 Å². The van der Waals surface area contributed by atoms with Gasteiger partial charge in [0.05, 0.1) is 11.4 Å². The molecule has 1 aromatic rings. The maximum atomic E-state index is 5.80. The predicted octanol–water partition coefficient (Wildman–Crippen LogP) is 1.41. The first-order valence-corrected chi connectivity index (χ1v) is 4.54. The Morgan fingerprint density at radius 3 is 2.92 bits per heavy atom. The highest BCUT2D eigenvalue weighted by molar-refractivity contribution is 5.44. The fourth-order valence-corrected chi connectivity index (χ4v) is 1.79. The molecule has 1 aliphatic heterocycles. The van der Waals surface area contributed by atoms with Crippen molar-refractivity contribution in [2.45, 2.75) is 25.3 Å². The normalized spacial score (nSPS) is 24.2. The Hall–Kier alpha value is -0.960. The van der Waals surface area contributed by atoms with E-state index in [-0.39, 0.29) is 0 Å². The Morgan fingerprint density at radius 2 is 2.33 bits per heavy atom. The van der Waals surface area contributed by atoms with Crippen LogP contribution in [-0.4, -0.2) is 11.5 Å². The second kappa shape index (κ2) is 3.19. The molecule has 1 aliphatic rings. The van der Waals surface area contributed by atoms with Crippen molar-refractivity contribution in [1.29, 1.82) is 0 Å². The Bertz CT molecular complexity index is 248. The van der Waals surface area contributed by atoms with Crippen LogP contribution in [0.1, 0.15) is 31.0 Å². The van der Waals surface area contributed by atoms with Gasteiger partial charge in [0, 0.05) is 12.2 Å². The van der Waals surface area contributed by atoms with Crippen LogP contribution in [0.25, 0.3) is 0 Å². The molecule has 1 unspecified atom stereocenters. The van der Waals surface area contributed by atoms with Gasteiger partial charge in [-0.3, -0.25) is 0 Å². The van der Waals surface area contributed by atoms with Crippen molar-refractivity contribution in [3.05, 3.63) is 18.0 Å². The van der Waals surface area contributed by atoms with Crippen molar-refractivity contribution in [2.75, 3.05) is 12.3 Å². The number of H-pyrrole nitrogens is 1. The van der Waals surface area contributed by atoms with Crippen LogP contribution in [0.3, 0.4) is 0 Å². The SMILES string of the molecule is Nc1cc[nH]c1C1CCCCN1. The van der Waals surface area contributed by atoms with E-state index < -0.39 is 0 Å². The molecule has 0 aliphatic carbocycles. The maximum absolute atomic E-state index is 5.80. The summed E-state index contributed by atoms with van der Waals surface area (Å²) in [5.41, 5.74) is 7.85. The van der Waals surface area contributed by atoms with Crippen LogP contribution in [0.5, 0.6) is 0 Å². The largest absolute Gasteiger partial charge is 0.397 e. The minimum absolute atomic E-state index is 0.453. The number of aromatic nitrogens is 1. The number of nitrogens with two attached hydrogens (primary N) is 1. The number of hydrogen-bond donors (Lipinski definition) is 3. The van der Waals surface area contributed by atoms with Crippen LogP contribution in [0.15, 0.2) is 12.3 Å². The lowest BCUT2D eigenvalue weighted by Crippen LogP contribution is -2.27. The molecule has 66 valence electrons. The average molecular weight is 165 g/mol. The zero-order valence-corrected chi connectivity index (χ0v) is 7.14. The second-order valence-corrected chi connectivity index (χ2v) is 3.35. The maximum Gasteiger partial charge on any atom is 0.0553 e. The van der Waals surface area contributed by atoms with E-state index in [4.69, 9.17) is 5.73 Å². The van der Waals surface area contributed by atoms with Crippen LogP contribution in [0.2, 0.25) is 0 Å². The molecule has 4 N–H and O–H groups in total. The van der Waals surface area contributed by atoms with Crippen molar-refractivity contribution in [3.63, 3.8) is 0 Å². The molecule has 0 amide bonds. The van der Waals surface area contributed by atoms with Crippen LogP contribution in [0, 0.1) is 0 Å². The summed E-state index contributed by atoms with van der Waals surface area (Å²) in [5.74, 6) is 0. The van der Waals surface area contributed by atoms with Crippen molar-refractivity contribution >= 4 is 5.69 Å². The molecule has 1 fully saturated rings. The summed E-state index contributed by atoms with van der Waals surface area (Å²) in [6.07, 6.45) is 5.69. The Morgan fingerprint density at radius 1 is 1.42 bits per heavy atom. The lowest BCUT2D eigenvalue weighted by Gasteiger charge is -2.23. The van der Waals surface area contributed by atoms with Crippen molar-refractivity contribution in [1.82, 2.24) is 10.3 Å². The van der Waals surface area contributed by atoms with Crippen LogP contribution in [-0.2, 0) is 0 Å². The highest BCUT2D eigenvalue weighted by Crippen LogP contribution is 2.25. The molecular formula is C9H15N3. The van der Waals surface area contributed by atoms with Gasteiger partial charge in [-0.1, -0.05) is 6.42 Å². The lowest BCUT2D eigenvalue weighted by molar-refractivity contribution is 0.407. The topological polar surface area (TPSA) is 53.8 Å². The third-order valence-electron chi connectivity index (χ3n) is 2.47. The minimum atomic E-state index is 0.453. The Labute approximate surface area is 72.3 Å². The summed E-state index contributed by atoms with van der Waals surface area (Å²) in [6.45, 7) is 1.11. The highest BCUT2D eigenvalue weighted by atomic mass is 15.0. The summed E-state index contributed by atoms with van der Waals surface area (Å²) in [6, 6.07) is 2.37. The molecule has 1 saturated heterocycles. The summed E-state index contributed by atoms with van der Waals surface area (Å²) < 4.78 is 0. The number of nitrogen functional groups attached to an aromatic ring is 1. The molecule has 0 radical (unpaired) electrons. The first kappa shape index (κ1) is 7.68. The molecule has 0 aromatic carbocycles. The molecule has 2 heterocycles. The Kier molecular flexibility index (Phi) is 2.04. The van der Waals surface area contributed by atoms with Gasteiger partial charge in [0.2, 0.25) is 0 Å². The summed E-state index contributed by atoms with van der Waals surface area (Å²) in [4.78, 5) is 3.19. The summed E-state index contributed by atoms with van der Waals surface area (Å²) >= 11 is 0. The van der Waals surface area contributed by atoms with Gasteiger partial charge in [-0.2, -0.15) is 0 Å². The minimum Gasteiger partial charge on any atom is -0.397 e. The first-order valence-electron chi connectivity index (χ1n) is 4.54. The molecule has 2 rings (SSSR count). The van der Waals surface area contributed by atoms with Crippen molar-refractivity contribution in [3.8, 4) is 0 Å². The van der Waals surface area contributed by atoms with E-state index in [0.717, 1.165) is 17.9 Å². The Balaban J connectivity index is 2.13. The fraction of sp³-hybridized carbons (Fsp3) is 0.556. The average Bonchev–Trinajstić information content (AvgIpc) is 2.53. The standard InChI is InChI=1S/C9H15N3/c10-7-4-6-12-9(7)8-3-1-2-5-11-8/h4,6,8,11-12H,1-3,5,10H2. The van der Waals surface area contributed by atoms with Gasteiger partial charge in [-0.25, -0.2) is 0 Å². The first-order chi connectivity index (χ1) is 5.88. The van der Waals surface area contributed by atoms with Gasteiger partial charge < -0.3 is 16.0 Å². The van der Waals surface area contributed by atoms with Crippen molar-refractivity contribution in [2.24, 2.45) is 0 Å².